The van der Waals surface area contributed by atoms with Crippen LogP contribution in [0.5, 0.6) is 0 Å². The number of rotatable bonds is 7. The summed E-state index contributed by atoms with van der Waals surface area (Å²) in [6.07, 6.45) is 11.8. The van der Waals surface area contributed by atoms with Crippen LogP contribution in [0.2, 0.25) is 0 Å². The molecular formula is C17H33NO2. The molecule has 0 aromatic carbocycles. The molecule has 2 fully saturated rings. The highest BCUT2D eigenvalue weighted by molar-refractivity contribution is 4.73. The number of aliphatic hydroxyl groups excluding tert-OH is 1. The Morgan fingerprint density at radius 3 is 2.45 bits per heavy atom. The highest BCUT2D eigenvalue weighted by Crippen LogP contribution is 2.27. The van der Waals surface area contributed by atoms with Gasteiger partial charge in [-0.3, -0.25) is 0 Å². The Morgan fingerprint density at radius 1 is 1.05 bits per heavy atom. The monoisotopic (exact) mass is 283 g/mol. The molecule has 2 N–H and O–H groups in total. The maximum Gasteiger partial charge on any atom is 0.0897 e. The summed E-state index contributed by atoms with van der Waals surface area (Å²) in [6, 6.07) is 0. The summed E-state index contributed by atoms with van der Waals surface area (Å²) in [5.41, 5.74) is 0. The highest BCUT2D eigenvalue weighted by Gasteiger charge is 2.18. The Morgan fingerprint density at radius 2 is 1.75 bits per heavy atom. The predicted octanol–water partition coefficient (Wildman–Crippen LogP) is 3.11. The zero-order valence-corrected chi connectivity index (χ0v) is 13.2. The molecule has 1 unspecified atom stereocenters. The molecule has 20 heavy (non-hydrogen) atoms. The number of hydrogen-bond donors (Lipinski definition) is 2. The zero-order valence-electron chi connectivity index (χ0n) is 13.2. The van der Waals surface area contributed by atoms with Crippen LogP contribution in [0.1, 0.15) is 64.7 Å². The van der Waals surface area contributed by atoms with Crippen molar-refractivity contribution < 1.29 is 9.84 Å². The lowest BCUT2D eigenvalue weighted by Gasteiger charge is -2.27. The Labute approximate surface area is 124 Å². The minimum Gasteiger partial charge on any atom is -0.389 e. The van der Waals surface area contributed by atoms with Gasteiger partial charge in [0.15, 0.2) is 0 Å². The van der Waals surface area contributed by atoms with Gasteiger partial charge in [0.1, 0.15) is 0 Å². The summed E-state index contributed by atoms with van der Waals surface area (Å²) >= 11 is 0. The molecular weight excluding hydrogens is 250 g/mol. The molecule has 0 bridgehead atoms. The van der Waals surface area contributed by atoms with E-state index in [9.17, 15) is 5.11 Å². The Balaban J connectivity index is 1.48. The van der Waals surface area contributed by atoms with E-state index in [4.69, 9.17) is 4.74 Å². The van der Waals surface area contributed by atoms with Crippen molar-refractivity contribution in [2.75, 3.05) is 19.7 Å². The molecule has 0 aromatic rings. The topological polar surface area (TPSA) is 41.5 Å². The van der Waals surface area contributed by atoms with Crippen LogP contribution in [0.15, 0.2) is 0 Å². The number of nitrogens with one attached hydrogen (secondary N) is 1. The van der Waals surface area contributed by atoms with E-state index in [0.29, 0.717) is 19.3 Å². The molecule has 3 heteroatoms. The smallest absolute Gasteiger partial charge is 0.0897 e. The Kier molecular flexibility index (Phi) is 7.32. The molecule has 2 aliphatic carbocycles. The van der Waals surface area contributed by atoms with Crippen molar-refractivity contribution in [3.05, 3.63) is 0 Å². The molecule has 0 radical (unpaired) electrons. The first-order valence-electron chi connectivity index (χ1n) is 8.74. The lowest BCUT2D eigenvalue weighted by atomic mass is 9.83. The second-order valence-electron chi connectivity index (χ2n) is 7.03. The molecule has 0 amide bonds. The lowest BCUT2D eigenvalue weighted by Crippen LogP contribution is -2.35. The summed E-state index contributed by atoms with van der Waals surface area (Å²) in [5.74, 6) is 1.73. The second kappa shape index (κ2) is 9.01. The summed E-state index contributed by atoms with van der Waals surface area (Å²) in [5, 5.41) is 13.4. The summed E-state index contributed by atoms with van der Waals surface area (Å²) in [7, 11) is 0. The first-order valence-corrected chi connectivity index (χ1v) is 8.74. The van der Waals surface area contributed by atoms with Gasteiger partial charge in [0.2, 0.25) is 0 Å². The van der Waals surface area contributed by atoms with Gasteiger partial charge in [-0.1, -0.05) is 39.0 Å². The van der Waals surface area contributed by atoms with Crippen molar-refractivity contribution in [2.45, 2.75) is 76.9 Å². The maximum absolute atomic E-state index is 9.96. The fourth-order valence-electron chi connectivity index (χ4n) is 3.53. The van der Waals surface area contributed by atoms with E-state index in [-0.39, 0.29) is 6.10 Å². The van der Waals surface area contributed by atoms with Gasteiger partial charge in [0.05, 0.1) is 18.8 Å². The Bertz CT molecular complexity index is 245. The number of aliphatic hydroxyl groups is 1. The first kappa shape index (κ1) is 16.3. The van der Waals surface area contributed by atoms with Gasteiger partial charge < -0.3 is 15.2 Å². The van der Waals surface area contributed by atoms with Crippen LogP contribution in [-0.2, 0) is 4.74 Å². The predicted molar refractivity (Wildman–Crippen MR) is 82.8 cm³/mol. The minimum atomic E-state index is -0.348. The third kappa shape index (κ3) is 6.11. The van der Waals surface area contributed by atoms with Crippen molar-refractivity contribution in [1.82, 2.24) is 5.32 Å². The molecule has 0 saturated heterocycles. The molecule has 2 saturated carbocycles. The molecule has 0 aliphatic heterocycles. The summed E-state index contributed by atoms with van der Waals surface area (Å²) < 4.78 is 5.81. The third-order valence-corrected chi connectivity index (χ3v) is 5.02. The van der Waals surface area contributed by atoms with Crippen LogP contribution in [0.4, 0.5) is 0 Å². The third-order valence-electron chi connectivity index (χ3n) is 5.02. The van der Waals surface area contributed by atoms with Crippen molar-refractivity contribution in [3.8, 4) is 0 Å². The highest BCUT2D eigenvalue weighted by atomic mass is 16.5. The van der Waals surface area contributed by atoms with Crippen LogP contribution in [0, 0.1) is 11.8 Å². The molecule has 0 aromatic heterocycles. The van der Waals surface area contributed by atoms with E-state index in [1.807, 2.05) is 0 Å². The molecule has 2 aliphatic rings. The normalized spacial score (nSPS) is 30.3. The molecule has 2 rings (SSSR count). The van der Waals surface area contributed by atoms with Crippen LogP contribution >= 0.6 is 0 Å². The number of hydrogen-bond acceptors (Lipinski definition) is 3. The summed E-state index contributed by atoms with van der Waals surface area (Å²) in [6.45, 7) is 4.60. The van der Waals surface area contributed by atoms with E-state index in [2.05, 4.69) is 12.2 Å². The second-order valence-corrected chi connectivity index (χ2v) is 7.03. The first-order chi connectivity index (χ1) is 9.74. The van der Waals surface area contributed by atoms with Gasteiger partial charge in [-0.25, -0.2) is 0 Å². The molecule has 118 valence electrons. The van der Waals surface area contributed by atoms with Gasteiger partial charge >= 0.3 is 0 Å². The van der Waals surface area contributed by atoms with Crippen LogP contribution in [0.3, 0.4) is 0 Å². The van der Waals surface area contributed by atoms with Crippen molar-refractivity contribution in [1.29, 1.82) is 0 Å². The summed E-state index contributed by atoms with van der Waals surface area (Å²) in [4.78, 5) is 0. The van der Waals surface area contributed by atoms with Crippen LogP contribution < -0.4 is 5.32 Å². The van der Waals surface area contributed by atoms with E-state index in [0.717, 1.165) is 18.4 Å². The van der Waals surface area contributed by atoms with Gasteiger partial charge in [-0.05, 0) is 44.1 Å². The molecule has 0 spiro atoms. The average molecular weight is 283 g/mol. The van der Waals surface area contributed by atoms with Gasteiger partial charge in [0, 0.05) is 6.54 Å². The minimum absolute atomic E-state index is 0.348. The van der Waals surface area contributed by atoms with Crippen molar-refractivity contribution >= 4 is 0 Å². The molecule has 1 atom stereocenters. The van der Waals surface area contributed by atoms with E-state index in [1.54, 1.807) is 0 Å². The van der Waals surface area contributed by atoms with E-state index >= 15 is 0 Å². The number of ether oxygens (including phenoxy) is 1. The van der Waals surface area contributed by atoms with Gasteiger partial charge in [-0.15, -0.1) is 0 Å². The largest absolute Gasteiger partial charge is 0.389 e. The van der Waals surface area contributed by atoms with Crippen molar-refractivity contribution in [2.24, 2.45) is 11.8 Å². The fourth-order valence-corrected chi connectivity index (χ4v) is 3.53. The van der Waals surface area contributed by atoms with E-state index in [1.165, 1.54) is 57.8 Å². The molecule has 3 nitrogen and oxygen atoms in total. The average Bonchev–Trinajstić information content (AvgIpc) is 2.48. The van der Waals surface area contributed by atoms with Crippen LogP contribution in [-0.4, -0.2) is 37.0 Å². The van der Waals surface area contributed by atoms with Gasteiger partial charge in [0.25, 0.3) is 0 Å². The SMILES string of the molecule is CC1CCC(CNCC(O)COC2CCCCC2)CC1. The molecule has 0 heterocycles. The van der Waals surface area contributed by atoms with E-state index < -0.39 is 0 Å². The quantitative estimate of drug-likeness (QED) is 0.754. The Hall–Kier alpha value is -0.120. The fraction of sp³-hybridized carbons (Fsp3) is 1.00. The van der Waals surface area contributed by atoms with Crippen LogP contribution in [0.25, 0.3) is 0 Å². The van der Waals surface area contributed by atoms with Gasteiger partial charge in [-0.2, -0.15) is 0 Å². The maximum atomic E-state index is 9.96. The zero-order chi connectivity index (χ0) is 14.2. The van der Waals surface area contributed by atoms with Crippen molar-refractivity contribution in [3.63, 3.8) is 0 Å². The standard InChI is InChI=1S/C17H33NO2/c1-14-7-9-15(10-8-14)11-18-12-16(19)13-20-17-5-3-2-4-6-17/h14-19H,2-13H2,1H3. The lowest BCUT2D eigenvalue weighted by molar-refractivity contribution is -0.0232.